The van der Waals surface area contributed by atoms with E-state index >= 15 is 0 Å². The molecule has 0 heterocycles. The lowest BCUT2D eigenvalue weighted by atomic mass is 9.76. The van der Waals surface area contributed by atoms with Crippen LogP contribution in [0.1, 0.15) is 58.6 Å². The maximum atomic E-state index is 3.72. The molecule has 2 rings (SSSR count). The van der Waals surface area contributed by atoms with Crippen LogP contribution in [0, 0.1) is 5.41 Å². The van der Waals surface area contributed by atoms with Crippen LogP contribution in [0.5, 0.6) is 0 Å². The second-order valence-corrected chi connectivity index (χ2v) is 6.38. The highest BCUT2D eigenvalue weighted by molar-refractivity contribution is 5.22. The first-order valence-corrected chi connectivity index (χ1v) is 6.98. The molecule has 1 atom stereocenters. The highest BCUT2D eigenvalue weighted by Crippen LogP contribution is 2.38. The molecule has 0 saturated carbocycles. The Morgan fingerprint density at radius 2 is 1.83 bits per heavy atom. The van der Waals surface area contributed by atoms with Gasteiger partial charge in [0, 0.05) is 11.7 Å². The van der Waals surface area contributed by atoms with Crippen molar-refractivity contribution in [3.05, 3.63) is 47.2 Å². The zero-order chi connectivity index (χ0) is 13.2. The van der Waals surface area contributed by atoms with Gasteiger partial charge in [-0.2, -0.15) is 0 Å². The van der Waals surface area contributed by atoms with E-state index in [1.165, 1.54) is 36.1 Å². The van der Waals surface area contributed by atoms with Gasteiger partial charge in [0.15, 0.2) is 0 Å². The molecular formula is C17H25N. The van der Waals surface area contributed by atoms with Crippen molar-refractivity contribution in [2.45, 2.75) is 53.0 Å². The molecule has 1 aliphatic rings. The second-order valence-electron chi connectivity index (χ2n) is 6.38. The van der Waals surface area contributed by atoms with Gasteiger partial charge in [-0.25, -0.2) is 0 Å². The molecule has 0 fully saturated rings. The molecule has 0 radical (unpaired) electrons. The summed E-state index contributed by atoms with van der Waals surface area (Å²) >= 11 is 0. The monoisotopic (exact) mass is 243 g/mol. The molecule has 0 unspecified atom stereocenters. The molecule has 0 aliphatic heterocycles. The first-order valence-electron chi connectivity index (χ1n) is 6.98. The van der Waals surface area contributed by atoms with Gasteiger partial charge in [-0.1, -0.05) is 49.8 Å². The molecule has 1 aromatic rings. The Hall–Kier alpha value is -1.24. The van der Waals surface area contributed by atoms with E-state index in [4.69, 9.17) is 0 Å². The standard InChI is InChI=1S/C17H25N/c1-13-10-11-17(3,4)12-16(13)18-14(2)15-8-6-5-7-9-15/h5-9,14,18H,10-12H2,1-4H3/t14-/m0/s1. The second kappa shape index (κ2) is 5.17. The third-order valence-electron chi connectivity index (χ3n) is 4.04. The Morgan fingerprint density at radius 1 is 1.17 bits per heavy atom. The average Bonchev–Trinajstić information content (AvgIpc) is 2.35. The van der Waals surface area contributed by atoms with Crippen LogP contribution >= 0.6 is 0 Å². The third-order valence-corrected chi connectivity index (χ3v) is 4.04. The highest BCUT2D eigenvalue weighted by atomic mass is 14.9. The molecule has 0 saturated heterocycles. The molecule has 98 valence electrons. The molecule has 1 heteroatoms. The fourth-order valence-electron chi connectivity index (χ4n) is 2.66. The third kappa shape index (κ3) is 3.16. The zero-order valence-electron chi connectivity index (χ0n) is 12.1. The molecule has 1 nitrogen and oxygen atoms in total. The average molecular weight is 243 g/mol. The molecule has 1 aliphatic carbocycles. The van der Waals surface area contributed by atoms with Crippen LogP contribution in [0.3, 0.4) is 0 Å². The van der Waals surface area contributed by atoms with Crippen molar-refractivity contribution in [3.8, 4) is 0 Å². The van der Waals surface area contributed by atoms with Crippen LogP contribution in [-0.4, -0.2) is 0 Å². The van der Waals surface area contributed by atoms with Crippen LogP contribution in [0.25, 0.3) is 0 Å². The normalized spacial score (nSPS) is 20.7. The van der Waals surface area contributed by atoms with E-state index in [9.17, 15) is 0 Å². The maximum absolute atomic E-state index is 3.72. The van der Waals surface area contributed by atoms with E-state index in [2.05, 4.69) is 63.3 Å². The Labute approximate surface area is 111 Å². The number of allylic oxidation sites excluding steroid dienone is 2. The van der Waals surface area contributed by atoms with E-state index in [1.807, 2.05) is 0 Å². The van der Waals surface area contributed by atoms with Crippen molar-refractivity contribution >= 4 is 0 Å². The zero-order valence-corrected chi connectivity index (χ0v) is 12.1. The summed E-state index contributed by atoms with van der Waals surface area (Å²) in [5.74, 6) is 0. The van der Waals surface area contributed by atoms with E-state index in [1.54, 1.807) is 0 Å². The summed E-state index contributed by atoms with van der Waals surface area (Å²) in [7, 11) is 0. The van der Waals surface area contributed by atoms with Gasteiger partial charge in [0.25, 0.3) is 0 Å². The number of hydrogen-bond acceptors (Lipinski definition) is 1. The van der Waals surface area contributed by atoms with Gasteiger partial charge in [-0.3, -0.25) is 0 Å². The summed E-state index contributed by atoms with van der Waals surface area (Å²) in [6.07, 6.45) is 3.72. The fraction of sp³-hybridized carbons (Fsp3) is 0.529. The van der Waals surface area contributed by atoms with E-state index < -0.39 is 0 Å². The van der Waals surface area contributed by atoms with Crippen molar-refractivity contribution < 1.29 is 0 Å². The minimum Gasteiger partial charge on any atom is -0.382 e. The summed E-state index contributed by atoms with van der Waals surface area (Å²) in [5.41, 5.74) is 4.80. The Kier molecular flexibility index (Phi) is 3.79. The van der Waals surface area contributed by atoms with E-state index in [-0.39, 0.29) is 0 Å². The number of rotatable bonds is 3. The lowest BCUT2D eigenvalue weighted by Gasteiger charge is -2.34. The molecule has 1 aromatic carbocycles. The smallest absolute Gasteiger partial charge is 0.0482 e. The van der Waals surface area contributed by atoms with E-state index in [0.29, 0.717) is 11.5 Å². The summed E-state index contributed by atoms with van der Waals surface area (Å²) in [4.78, 5) is 0. The van der Waals surface area contributed by atoms with Crippen molar-refractivity contribution in [2.75, 3.05) is 0 Å². The highest BCUT2D eigenvalue weighted by Gasteiger charge is 2.26. The number of benzene rings is 1. The molecule has 0 aromatic heterocycles. The molecule has 0 amide bonds. The Bertz CT molecular complexity index is 428. The lowest BCUT2D eigenvalue weighted by Crippen LogP contribution is -2.27. The first-order chi connectivity index (χ1) is 8.48. The van der Waals surface area contributed by atoms with Crippen molar-refractivity contribution in [1.29, 1.82) is 0 Å². The predicted octanol–water partition coefficient (Wildman–Crippen LogP) is 4.82. The summed E-state index contributed by atoms with van der Waals surface area (Å²) in [6.45, 7) is 9.26. The van der Waals surface area contributed by atoms with Crippen molar-refractivity contribution in [1.82, 2.24) is 5.32 Å². The molecule has 0 bridgehead atoms. The Morgan fingerprint density at radius 3 is 2.50 bits per heavy atom. The largest absolute Gasteiger partial charge is 0.382 e. The summed E-state index contributed by atoms with van der Waals surface area (Å²) in [5, 5.41) is 3.72. The molecule has 0 spiro atoms. The molecule has 18 heavy (non-hydrogen) atoms. The predicted molar refractivity (Wildman–Crippen MR) is 78.3 cm³/mol. The quantitative estimate of drug-likeness (QED) is 0.802. The van der Waals surface area contributed by atoms with E-state index in [0.717, 1.165) is 0 Å². The van der Waals surface area contributed by atoms with Gasteiger partial charge >= 0.3 is 0 Å². The summed E-state index contributed by atoms with van der Waals surface area (Å²) in [6, 6.07) is 11.1. The first kappa shape index (κ1) is 13.2. The van der Waals surface area contributed by atoms with Crippen LogP contribution in [0.2, 0.25) is 0 Å². The van der Waals surface area contributed by atoms with Gasteiger partial charge in [-0.15, -0.1) is 0 Å². The van der Waals surface area contributed by atoms with Crippen molar-refractivity contribution in [3.63, 3.8) is 0 Å². The fourth-order valence-corrected chi connectivity index (χ4v) is 2.66. The van der Waals surface area contributed by atoms with Gasteiger partial charge in [0.05, 0.1) is 0 Å². The lowest BCUT2D eigenvalue weighted by molar-refractivity contribution is 0.300. The van der Waals surface area contributed by atoms with Crippen LogP contribution in [0.4, 0.5) is 0 Å². The molecular weight excluding hydrogens is 218 g/mol. The SMILES string of the molecule is CC1=C(N[C@@H](C)c2ccccc2)CC(C)(C)CC1. The topological polar surface area (TPSA) is 12.0 Å². The van der Waals surface area contributed by atoms with Gasteiger partial charge in [0.2, 0.25) is 0 Å². The van der Waals surface area contributed by atoms with Crippen LogP contribution in [0.15, 0.2) is 41.6 Å². The number of hydrogen-bond donors (Lipinski definition) is 1. The number of nitrogens with one attached hydrogen (secondary N) is 1. The minimum absolute atomic E-state index is 0.394. The van der Waals surface area contributed by atoms with Gasteiger partial charge in [0.1, 0.15) is 0 Å². The van der Waals surface area contributed by atoms with Crippen molar-refractivity contribution in [2.24, 2.45) is 5.41 Å². The van der Waals surface area contributed by atoms with Gasteiger partial charge < -0.3 is 5.32 Å². The molecule has 1 N–H and O–H groups in total. The Balaban J connectivity index is 2.09. The van der Waals surface area contributed by atoms with Gasteiger partial charge in [-0.05, 0) is 44.1 Å². The summed E-state index contributed by atoms with van der Waals surface area (Å²) < 4.78 is 0. The maximum Gasteiger partial charge on any atom is 0.0482 e. The minimum atomic E-state index is 0.394. The van der Waals surface area contributed by atoms with Crippen LogP contribution < -0.4 is 5.32 Å². The van der Waals surface area contributed by atoms with Crippen LogP contribution in [-0.2, 0) is 0 Å².